The van der Waals surface area contributed by atoms with E-state index in [1.54, 1.807) is 7.11 Å². The fourth-order valence-electron chi connectivity index (χ4n) is 2.47. The minimum Gasteiger partial charge on any atom is -0.384 e. The first kappa shape index (κ1) is 17.7. The van der Waals surface area contributed by atoms with Crippen molar-refractivity contribution >= 4 is 17.6 Å². The van der Waals surface area contributed by atoms with Crippen LogP contribution >= 0.6 is 11.6 Å². The summed E-state index contributed by atoms with van der Waals surface area (Å²) < 4.78 is 10.1. The van der Waals surface area contributed by atoms with E-state index in [0.717, 1.165) is 18.4 Å². The molecule has 1 aliphatic rings. The van der Waals surface area contributed by atoms with Crippen LogP contribution in [-0.2, 0) is 24.2 Å². The Morgan fingerprint density at radius 2 is 2.24 bits per heavy atom. The maximum atomic E-state index is 12.6. The lowest BCUT2D eigenvalue weighted by Gasteiger charge is -2.23. The summed E-state index contributed by atoms with van der Waals surface area (Å²) in [4.78, 5) is 18.6. The van der Waals surface area contributed by atoms with Crippen molar-refractivity contribution in [3.8, 4) is 0 Å². The first-order valence-corrected chi connectivity index (χ1v) is 8.63. The molecule has 1 aliphatic carbocycles. The number of aromatic nitrogens is 2. The van der Waals surface area contributed by atoms with Gasteiger partial charge in [-0.3, -0.25) is 0 Å². The molecule has 8 heteroatoms. The van der Waals surface area contributed by atoms with Crippen LogP contribution in [0.3, 0.4) is 0 Å². The Morgan fingerprint density at radius 3 is 2.96 bits per heavy atom. The maximum absolute atomic E-state index is 12.6. The lowest BCUT2D eigenvalue weighted by Crippen LogP contribution is -2.40. The zero-order valence-corrected chi connectivity index (χ0v) is 14.8. The van der Waals surface area contributed by atoms with Crippen molar-refractivity contribution in [1.82, 2.24) is 20.4 Å². The molecule has 2 aromatic rings. The normalized spacial score (nSPS) is 13.7. The Kier molecular flexibility index (Phi) is 5.88. The SMILES string of the molecule is COCCc1noc(CNC(=O)N(Cc2ccccc2Cl)C2CC2)n1. The molecule has 0 bridgehead atoms. The van der Waals surface area contributed by atoms with E-state index in [4.69, 9.17) is 20.9 Å². The van der Waals surface area contributed by atoms with Gasteiger partial charge in [-0.2, -0.15) is 4.98 Å². The van der Waals surface area contributed by atoms with Gasteiger partial charge < -0.3 is 19.5 Å². The molecular formula is C17H21ClN4O3. The molecule has 1 aromatic heterocycles. The second-order valence-corrected chi connectivity index (χ2v) is 6.36. The number of nitrogens with one attached hydrogen (secondary N) is 1. The molecule has 1 N–H and O–H groups in total. The van der Waals surface area contributed by atoms with E-state index in [9.17, 15) is 4.79 Å². The van der Waals surface area contributed by atoms with Gasteiger partial charge in [0.05, 0.1) is 13.2 Å². The Balaban J connectivity index is 1.56. The molecule has 3 rings (SSSR count). The average Bonchev–Trinajstić information content (AvgIpc) is 3.35. The van der Waals surface area contributed by atoms with E-state index in [-0.39, 0.29) is 18.6 Å². The van der Waals surface area contributed by atoms with Crippen molar-refractivity contribution in [1.29, 1.82) is 0 Å². The predicted octanol–water partition coefficient (Wildman–Crippen LogP) is 2.79. The number of hydrogen-bond donors (Lipinski definition) is 1. The highest BCUT2D eigenvalue weighted by Crippen LogP contribution is 2.29. The molecule has 134 valence electrons. The minimum absolute atomic E-state index is 0.154. The van der Waals surface area contributed by atoms with Crippen molar-refractivity contribution < 1.29 is 14.1 Å². The Hall–Kier alpha value is -2.12. The fourth-order valence-corrected chi connectivity index (χ4v) is 2.67. The zero-order valence-electron chi connectivity index (χ0n) is 14.1. The smallest absolute Gasteiger partial charge is 0.318 e. The fraction of sp³-hybridized carbons (Fsp3) is 0.471. The third-order valence-corrected chi connectivity index (χ3v) is 4.35. The summed E-state index contributed by atoms with van der Waals surface area (Å²) in [6, 6.07) is 7.68. The van der Waals surface area contributed by atoms with E-state index < -0.39 is 0 Å². The lowest BCUT2D eigenvalue weighted by molar-refractivity contribution is 0.190. The zero-order chi connectivity index (χ0) is 17.6. The molecule has 25 heavy (non-hydrogen) atoms. The number of carbonyl (C=O) groups is 1. The van der Waals surface area contributed by atoms with E-state index >= 15 is 0 Å². The van der Waals surface area contributed by atoms with Gasteiger partial charge in [-0.25, -0.2) is 4.79 Å². The topological polar surface area (TPSA) is 80.5 Å². The second-order valence-electron chi connectivity index (χ2n) is 5.96. The standard InChI is InChI=1S/C17H21ClN4O3/c1-24-9-8-15-20-16(25-21-15)10-19-17(23)22(13-6-7-13)11-12-4-2-3-5-14(12)18/h2-5,13H,6-11H2,1H3,(H,19,23). The van der Waals surface area contributed by atoms with Crippen molar-refractivity contribution in [2.75, 3.05) is 13.7 Å². The van der Waals surface area contributed by atoms with Gasteiger partial charge in [-0.15, -0.1) is 0 Å². The van der Waals surface area contributed by atoms with E-state index in [1.807, 2.05) is 29.2 Å². The van der Waals surface area contributed by atoms with Gasteiger partial charge in [-0.05, 0) is 24.5 Å². The van der Waals surface area contributed by atoms with Crippen LogP contribution < -0.4 is 5.32 Å². The van der Waals surface area contributed by atoms with Gasteiger partial charge in [0.25, 0.3) is 0 Å². The number of methoxy groups -OCH3 is 1. The van der Waals surface area contributed by atoms with Crippen LogP contribution in [-0.4, -0.2) is 40.8 Å². The third kappa shape index (κ3) is 4.93. The number of halogens is 1. The summed E-state index contributed by atoms with van der Waals surface area (Å²) in [5, 5.41) is 7.37. The van der Waals surface area contributed by atoms with Crippen LogP contribution in [0.5, 0.6) is 0 Å². The molecule has 0 unspecified atom stereocenters. The van der Waals surface area contributed by atoms with Gasteiger partial charge >= 0.3 is 6.03 Å². The monoisotopic (exact) mass is 364 g/mol. The number of ether oxygens (including phenoxy) is 1. The lowest BCUT2D eigenvalue weighted by atomic mass is 10.2. The molecule has 1 aromatic carbocycles. The number of urea groups is 1. The molecule has 1 fully saturated rings. The number of nitrogens with zero attached hydrogens (tertiary/aromatic N) is 3. The molecule has 0 atom stereocenters. The third-order valence-electron chi connectivity index (χ3n) is 3.98. The largest absolute Gasteiger partial charge is 0.384 e. The van der Waals surface area contributed by atoms with Crippen LogP contribution in [0.15, 0.2) is 28.8 Å². The first-order chi connectivity index (χ1) is 12.2. The summed E-state index contributed by atoms with van der Waals surface area (Å²) in [5.74, 6) is 0.953. The molecule has 0 aliphatic heterocycles. The van der Waals surface area contributed by atoms with Crippen LogP contribution in [0.2, 0.25) is 5.02 Å². The van der Waals surface area contributed by atoms with Gasteiger partial charge in [0.15, 0.2) is 5.82 Å². The number of rotatable bonds is 8. The van der Waals surface area contributed by atoms with Crippen LogP contribution in [0.25, 0.3) is 0 Å². The summed E-state index contributed by atoms with van der Waals surface area (Å²) in [7, 11) is 1.62. The van der Waals surface area contributed by atoms with Crippen LogP contribution in [0, 0.1) is 0 Å². The van der Waals surface area contributed by atoms with E-state index in [0.29, 0.717) is 36.3 Å². The summed E-state index contributed by atoms with van der Waals surface area (Å²) >= 11 is 6.21. The molecule has 7 nitrogen and oxygen atoms in total. The van der Waals surface area contributed by atoms with Crippen molar-refractivity contribution in [2.24, 2.45) is 0 Å². The minimum atomic E-state index is -0.154. The molecule has 0 saturated heterocycles. The average molecular weight is 365 g/mol. The highest BCUT2D eigenvalue weighted by Gasteiger charge is 2.33. The van der Waals surface area contributed by atoms with Crippen LogP contribution in [0.1, 0.15) is 30.1 Å². The number of amides is 2. The van der Waals surface area contributed by atoms with Gasteiger partial charge in [0.2, 0.25) is 5.89 Å². The predicted molar refractivity (Wildman–Crippen MR) is 92.1 cm³/mol. The molecule has 0 spiro atoms. The Labute approximate surface area is 151 Å². The molecule has 0 radical (unpaired) electrons. The van der Waals surface area contributed by atoms with E-state index in [1.165, 1.54) is 0 Å². The van der Waals surface area contributed by atoms with Crippen molar-refractivity contribution in [3.63, 3.8) is 0 Å². The second kappa shape index (κ2) is 8.31. The Bertz CT molecular complexity index is 717. The van der Waals surface area contributed by atoms with Crippen LogP contribution in [0.4, 0.5) is 4.79 Å². The maximum Gasteiger partial charge on any atom is 0.318 e. The quantitative estimate of drug-likeness (QED) is 0.779. The number of hydrogen-bond acceptors (Lipinski definition) is 5. The number of benzene rings is 1. The summed E-state index contributed by atoms with van der Waals surface area (Å²) in [6.07, 6.45) is 2.61. The van der Waals surface area contributed by atoms with Gasteiger partial charge in [0.1, 0.15) is 0 Å². The molecule has 2 amide bonds. The van der Waals surface area contributed by atoms with Gasteiger partial charge in [-0.1, -0.05) is 35.0 Å². The van der Waals surface area contributed by atoms with Crippen molar-refractivity contribution in [2.45, 2.75) is 38.4 Å². The molecule has 1 heterocycles. The highest BCUT2D eigenvalue weighted by molar-refractivity contribution is 6.31. The highest BCUT2D eigenvalue weighted by atomic mass is 35.5. The van der Waals surface area contributed by atoms with Gasteiger partial charge in [0, 0.05) is 31.1 Å². The van der Waals surface area contributed by atoms with E-state index in [2.05, 4.69) is 15.5 Å². The summed E-state index contributed by atoms with van der Waals surface area (Å²) in [6.45, 7) is 1.21. The first-order valence-electron chi connectivity index (χ1n) is 8.25. The Morgan fingerprint density at radius 1 is 1.44 bits per heavy atom. The number of carbonyl (C=O) groups excluding carboxylic acids is 1. The van der Waals surface area contributed by atoms with Crippen molar-refractivity contribution in [3.05, 3.63) is 46.6 Å². The summed E-state index contributed by atoms with van der Waals surface area (Å²) in [5.41, 5.74) is 0.936. The molecular weight excluding hydrogens is 344 g/mol. The molecule has 1 saturated carbocycles.